The average molecular weight is 447 g/mol. The summed E-state index contributed by atoms with van der Waals surface area (Å²) >= 11 is 0. The highest BCUT2D eigenvalue weighted by atomic mass is 127. The molecule has 136 valence electrons. The van der Waals surface area contributed by atoms with Gasteiger partial charge in [0.15, 0.2) is 5.96 Å². The van der Waals surface area contributed by atoms with E-state index in [4.69, 9.17) is 9.47 Å². The van der Waals surface area contributed by atoms with Crippen LogP contribution in [0, 0.1) is 12.8 Å². The summed E-state index contributed by atoms with van der Waals surface area (Å²) in [7, 11) is 3.48. The fourth-order valence-corrected chi connectivity index (χ4v) is 2.31. The Hall–Kier alpha value is -1.02. The number of halogens is 1. The first kappa shape index (κ1) is 21.0. The van der Waals surface area contributed by atoms with E-state index in [1.165, 1.54) is 18.4 Å². The Bertz CT molecular complexity index is 519. The monoisotopic (exact) mass is 447 g/mol. The van der Waals surface area contributed by atoms with Gasteiger partial charge in [0, 0.05) is 38.9 Å². The molecule has 1 fully saturated rings. The van der Waals surface area contributed by atoms with E-state index in [1.807, 2.05) is 6.07 Å². The number of rotatable bonds is 9. The van der Waals surface area contributed by atoms with Crippen molar-refractivity contribution in [3.8, 4) is 5.75 Å². The number of ether oxygens (including phenoxy) is 2. The zero-order chi connectivity index (χ0) is 16.5. The van der Waals surface area contributed by atoms with Gasteiger partial charge >= 0.3 is 0 Å². The molecule has 1 aliphatic rings. The third kappa shape index (κ3) is 7.70. The fraction of sp³-hybridized carbons (Fsp3) is 0.611. The second kappa shape index (κ2) is 11.5. The molecular formula is C18H30IN3O2. The summed E-state index contributed by atoms with van der Waals surface area (Å²) < 4.78 is 11.1. The van der Waals surface area contributed by atoms with Gasteiger partial charge in [-0.25, -0.2) is 0 Å². The first-order chi connectivity index (χ1) is 11.2. The third-order valence-corrected chi connectivity index (χ3v) is 3.92. The standard InChI is InChI=1S/C18H29N3O2.HI/c1-14-5-8-16(17(11-14)22-3)12-21-18(19-2)20-9-4-10-23-13-15-6-7-15;/h5,8,11,15H,4,6-7,9-10,12-13H2,1-3H3,(H2,19,20,21);1H. The molecule has 0 radical (unpaired) electrons. The molecule has 5 nitrogen and oxygen atoms in total. The van der Waals surface area contributed by atoms with Crippen LogP contribution >= 0.6 is 24.0 Å². The van der Waals surface area contributed by atoms with Crippen LogP contribution < -0.4 is 15.4 Å². The first-order valence-corrected chi connectivity index (χ1v) is 8.38. The topological polar surface area (TPSA) is 54.9 Å². The molecule has 1 aromatic carbocycles. The second-order valence-electron chi connectivity index (χ2n) is 6.04. The summed E-state index contributed by atoms with van der Waals surface area (Å²) in [4.78, 5) is 4.24. The van der Waals surface area contributed by atoms with Crippen molar-refractivity contribution in [2.24, 2.45) is 10.9 Å². The SMILES string of the molecule is CN=C(NCCCOCC1CC1)NCc1ccc(C)cc1OC.I. The Kier molecular flexibility index (Phi) is 10.1. The Morgan fingerprint density at radius 2 is 2.08 bits per heavy atom. The number of aliphatic imine (C=N–C) groups is 1. The predicted octanol–water partition coefficient (Wildman–Crippen LogP) is 3.10. The van der Waals surface area contributed by atoms with Crippen molar-refractivity contribution < 1.29 is 9.47 Å². The van der Waals surface area contributed by atoms with Gasteiger partial charge in [-0.1, -0.05) is 12.1 Å². The lowest BCUT2D eigenvalue weighted by Crippen LogP contribution is -2.37. The van der Waals surface area contributed by atoms with Crippen LogP contribution in [0.25, 0.3) is 0 Å². The van der Waals surface area contributed by atoms with Crippen molar-refractivity contribution in [1.29, 1.82) is 0 Å². The third-order valence-electron chi connectivity index (χ3n) is 3.92. The van der Waals surface area contributed by atoms with Crippen LogP contribution in [0.15, 0.2) is 23.2 Å². The first-order valence-electron chi connectivity index (χ1n) is 8.38. The number of nitrogens with one attached hydrogen (secondary N) is 2. The minimum Gasteiger partial charge on any atom is -0.496 e. The van der Waals surface area contributed by atoms with E-state index in [0.717, 1.165) is 49.4 Å². The molecule has 0 unspecified atom stereocenters. The summed E-state index contributed by atoms with van der Waals surface area (Å²) in [6.45, 7) is 5.34. The van der Waals surface area contributed by atoms with Gasteiger partial charge in [0.2, 0.25) is 0 Å². The fourth-order valence-electron chi connectivity index (χ4n) is 2.31. The van der Waals surface area contributed by atoms with Gasteiger partial charge in [-0.3, -0.25) is 4.99 Å². The maximum absolute atomic E-state index is 5.63. The molecule has 1 aromatic rings. The average Bonchev–Trinajstić information content (AvgIpc) is 3.38. The normalized spacial score (nSPS) is 14.0. The van der Waals surface area contributed by atoms with Gasteiger partial charge in [0.25, 0.3) is 0 Å². The maximum Gasteiger partial charge on any atom is 0.191 e. The lowest BCUT2D eigenvalue weighted by Gasteiger charge is -2.14. The van der Waals surface area contributed by atoms with Crippen LogP contribution in [0.5, 0.6) is 5.75 Å². The van der Waals surface area contributed by atoms with Crippen molar-refractivity contribution in [3.63, 3.8) is 0 Å². The van der Waals surface area contributed by atoms with Gasteiger partial charge in [-0.05, 0) is 43.7 Å². The lowest BCUT2D eigenvalue weighted by molar-refractivity contribution is 0.123. The molecule has 6 heteroatoms. The lowest BCUT2D eigenvalue weighted by atomic mass is 10.1. The quantitative estimate of drug-likeness (QED) is 0.265. The number of methoxy groups -OCH3 is 1. The molecule has 0 atom stereocenters. The number of hydrogen-bond acceptors (Lipinski definition) is 3. The van der Waals surface area contributed by atoms with E-state index in [1.54, 1.807) is 14.2 Å². The smallest absolute Gasteiger partial charge is 0.191 e. The Morgan fingerprint density at radius 1 is 1.29 bits per heavy atom. The van der Waals surface area contributed by atoms with Gasteiger partial charge in [-0.15, -0.1) is 24.0 Å². The maximum atomic E-state index is 5.63. The molecule has 0 amide bonds. The van der Waals surface area contributed by atoms with E-state index in [0.29, 0.717) is 6.54 Å². The highest BCUT2D eigenvalue weighted by Gasteiger charge is 2.20. The van der Waals surface area contributed by atoms with E-state index >= 15 is 0 Å². The zero-order valence-corrected chi connectivity index (χ0v) is 17.3. The van der Waals surface area contributed by atoms with Crippen molar-refractivity contribution >= 4 is 29.9 Å². The molecule has 0 saturated heterocycles. The summed E-state index contributed by atoms with van der Waals surface area (Å²) in [5.74, 6) is 2.54. The number of nitrogens with zero attached hydrogens (tertiary/aromatic N) is 1. The molecule has 1 aliphatic carbocycles. The zero-order valence-electron chi connectivity index (χ0n) is 14.9. The Balaban J connectivity index is 0.00000288. The number of guanidine groups is 1. The van der Waals surface area contributed by atoms with Crippen LogP contribution in [0.1, 0.15) is 30.4 Å². The van der Waals surface area contributed by atoms with Crippen LogP contribution in [-0.2, 0) is 11.3 Å². The van der Waals surface area contributed by atoms with E-state index in [2.05, 4.69) is 34.7 Å². The van der Waals surface area contributed by atoms with Crippen LogP contribution in [-0.4, -0.2) is 39.9 Å². The highest BCUT2D eigenvalue weighted by Crippen LogP contribution is 2.28. The minimum atomic E-state index is 0. The van der Waals surface area contributed by atoms with E-state index in [9.17, 15) is 0 Å². The van der Waals surface area contributed by atoms with Crippen molar-refractivity contribution in [2.45, 2.75) is 32.7 Å². The highest BCUT2D eigenvalue weighted by molar-refractivity contribution is 14.0. The van der Waals surface area contributed by atoms with Crippen LogP contribution in [0.3, 0.4) is 0 Å². The molecule has 2 rings (SSSR count). The predicted molar refractivity (Wildman–Crippen MR) is 110 cm³/mol. The molecule has 0 aliphatic heterocycles. The minimum absolute atomic E-state index is 0. The molecule has 0 heterocycles. The molecule has 0 bridgehead atoms. The van der Waals surface area contributed by atoms with E-state index in [-0.39, 0.29) is 24.0 Å². The van der Waals surface area contributed by atoms with Gasteiger partial charge < -0.3 is 20.1 Å². The Morgan fingerprint density at radius 3 is 2.75 bits per heavy atom. The molecule has 2 N–H and O–H groups in total. The van der Waals surface area contributed by atoms with Gasteiger partial charge in [-0.2, -0.15) is 0 Å². The molecule has 24 heavy (non-hydrogen) atoms. The summed E-state index contributed by atoms with van der Waals surface area (Å²) in [5, 5.41) is 6.63. The van der Waals surface area contributed by atoms with Crippen molar-refractivity contribution in [1.82, 2.24) is 10.6 Å². The number of benzene rings is 1. The van der Waals surface area contributed by atoms with Gasteiger partial charge in [0.05, 0.1) is 7.11 Å². The summed E-state index contributed by atoms with van der Waals surface area (Å²) in [6.07, 6.45) is 3.68. The summed E-state index contributed by atoms with van der Waals surface area (Å²) in [5.41, 5.74) is 2.31. The summed E-state index contributed by atoms with van der Waals surface area (Å²) in [6, 6.07) is 6.22. The molecule has 1 saturated carbocycles. The number of hydrogen-bond donors (Lipinski definition) is 2. The molecular weight excluding hydrogens is 417 g/mol. The Labute approximate surface area is 162 Å². The van der Waals surface area contributed by atoms with Crippen LogP contribution in [0.2, 0.25) is 0 Å². The largest absolute Gasteiger partial charge is 0.496 e. The second-order valence-corrected chi connectivity index (χ2v) is 6.04. The van der Waals surface area contributed by atoms with Crippen molar-refractivity contribution in [2.75, 3.05) is 33.9 Å². The van der Waals surface area contributed by atoms with E-state index < -0.39 is 0 Å². The van der Waals surface area contributed by atoms with Crippen molar-refractivity contribution in [3.05, 3.63) is 29.3 Å². The molecule has 0 aromatic heterocycles. The van der Waals surface area contributed by atoms with Crippen LogP contribution in [0.4, 0.5) is 0 Å². The molecule has 0 spiro atoms. The van der Waals surface area contributed by atoms with Gasteiger partial charge in [0.1, 0.15) is 5.75 Å². The number of aryl methyl sites for hydroxylation is 1.